The second kappa shape index (κ2) is 6.15. The predicted octanol–water partition coefficient (Wildman–Crippen LogP) is 3.19. The SMILES string of the molecule is CC1CCCC(NCc2cc(C(=O)O)ccc2F)C1. The van der Waals surface area contributed by atoms with E-state index in [9.17, 15) is 9.18 Å². The monoisotopic (exact) mass is 265 g/mol. The van der Waals surface area contributed by atoms with Gasteiger partial charge >= 0.3 is 5.97 Å². The fourth-order valence-electron chi connectivity index (χ4n) is 2.72. The quantitative estimate of drug-likeness (QED) is 0.879. The van der Waals surface area contributed by atoms with E-state index in [4.69, 9.17) is 5.11 Å². The van der Waals surface area contributed by atoms with Gasteiger partial charge < -0.3 is 10.4 Å². The zero-order valence-electron chi connectivity index (χ0n) is 11.2. The number of rotatable bonds is 4. The van der Waals surface area contributed by atoms with Crippen LogP contribution in [0, 0.1) is 11.7 Å². The first-order valence-electron chi connectivity index (χ1n) is 6.81. The van der Waals surface area contributed by atoms with Crippen LogP contribution in [0.25, 0.3) is 0 Å². The van der Waals surface area contributed by atoms with Gasteiger partial charge in [-0.2, -0.15) is 0 Å². The van der Waals surface area contributed by atoms with Crippen molar-refractivity contribution in [3.05, 3.63) is 35.1 Å². The lowest BCUT2D eigenvalue weighted by atomic mass is 9.87. The molecule has 1 aliphatic rings. The molecule has 104 valence electrons. The maximum Gasteiger partial charge on any atom is 0.335 e. The van der Waals surface area contributed by atoms with E-state index in [-0.39, 0.29) is 11.4 Å². The number of hydrogen-bond acceptors (Lipinski definition) is 2. The Kier molecular flexibility index (Phi) is 4.53. The van der Waals surface area contributed by atoms with Crippen LogP contribution in [-0.4, -0.2) is 17.1 Å². The van der Waals surface area contributed by atoms with Crippen molar-refractivity contribution >= 4 is 5.97 Å². The molecule has 1 aromatic rings. The van der Waals surface area contributed by atoms with Crippen molar-refractivity contribution in [1.29, 1.82) is 0 Å². The number of carbonyl (C=O) groups is 1. The molecule has 2 atom stereocenters. The van der Waals surface area contributed by atoms with Gasteiger partial charge in [0.2, 0.25) is 0 Å². The van der Waals surface area contributed by atoms with E-state index in [1.807, 2.05) is 0 Å². The standard InChI is InChI=1S/C15H20FNO2/c1-10-3-2-4-13(7-10)17-9-12-8-11(15(18)19)5-6-14(12)16/h5-6,8,10,13,17H,2-4,7,9H2,1H3,(H,18,19). The zero-order chi connectivity index (χ0) is 13.8. The molecule has 19 heavy (non-hydrogen) atoms. The predicted molar refractivity (Wildman–Crippen MR) is 71.6 cm³/mol. The molecule has 1 aliphatic carbocycles. The molecular weight excluding hydrogens is 245 g/mol. The summed E-state index contributed by atoms with van der Waals surface area (Å²) in [5.41, 5.74) is 0.563. The minimum atomic E-state index is -1.02. The Hall–Kier alpha value is -1.42. The number of carboxylic acid groups (broad SMARTS) is 1. The molecule has 2 N–H and O–H groups in total. The van der Waals surface area contributed by atoms with Crippen LogP contribution in [0.5, 0.6) is 0 Å². The first-order chi connectivity index (χ1) is 9.06. The van der Waals surface area contributed by atoms with Gasteiger partial charge in [-0.1, -0.05) is 19.8 Å². The molecule has 1 aromatic carbocycles. The number of halogens is 1. The van der Waals surface area contributed by atoms with E-state index >= 15 is 0 Å². The van der Waals surface area contributed by atoms with Crippen LogP contribution in [0.3, 0.4) is 0 Å². The highest BCUT2D eigenvalue weighted by Gasteiger charge is 2.18. The second-order valence-corrected chi connectivity index (χ2v) is 5.46. The summed E-state index contributed by atoms with van der Waals surface area (Å²) in [6.45, 7) is 2.63. The molecule has 0 spiro atoms. The molecule has 0 aromatic heterocycles. The molecule has 1 fully saturated rings. The summed E-state index contributed by atoms with van der Waals surface area (Å²) in [6.07, 6.45) is 4.70. The molecular formula is C15H20FNO2. The third-order valence-electron chi connectivity index (χ3n) is 3.81. The van der Waals surface area contributed by atoms with Crippen molar-refractivity contribution in [1.82, 2.24) is 5.32 Å². The molecule has 0 bridgehead atoms. The summed E-state index contributed by atoms with van der Waals surface area (Å²) in [5.74, 6) is -0.657. The van der Waals surface area contributed by atoms with Crippen molar-refractivity contribution in [3.8, 4) is 0 Å². The Balaban J connectivity index is 1.98. The Morgan fingerprint density at radius 2 is 2.26 bits per heavy atom. The van der Waals surface area contributed by atoms with E-state index in [1.54, 1.807) is 0 Å². The topological polar surface area (TPSA) is 49.3 Å². The molecule has 4 heteroatoms. The fraction of sp³-hybridized carbons (Fsp3) is 0.533. The van der Waals surface area contributed by atoms with Crippen LogP contribution >= 0.6 is 0 Å². The van der Waals surface area contributed by atoms with Gasteiger partial charge in [0.15, 0.2) is 0 Å². The van der Waals surface area contributed by atoms with Crippen LogP contribution in [0.1, 0.15) is 48.5 Å². The lowest BCUT2D eigenvalue weighted by Crippen LogP contribution is -2.33. The highest BCUT2D eigenvalue weighted by molar-refractivity contribution is 5.87. The highest BCUT2D eigenvalue weighted by atomic mass is 19.1. The van der Waals surface area contributed by atoms with Crippen LogP contribution in [0.15, 0.2) is 18.2 Å². The summed E-state index contributed by atoms with van der Waals surface area (Å²) in [4.78, 5) is 10.9. The fourth-order valence-corrected chi connectivity index (χ4v) is 2.72. The van der Waals surface area contributed by atoms with E-state index in [2.05, 4.69) is 12.2 Å². The number of benzene rings is 1. The van der Waals surface area contributed by atoms with E-state index in [1.165, 1.54) is 31.0 Å². The van der Waals surface area contributed by atoms with E-state index < -0.39 is 5.97 Å². The first-order valence-corrected chi connectivity index (χ1v) is 6.81. The third kappa shape index (κ3) is 3.77. The third-order valence-corrected chi connectivity index (χ3v) is 3.81. The van der Waals surface area contributed by atoms with Gasteiger partial charge in [0.05, 0.1) is 5.56 Å². The number of hydrogen-bond donors (Lipinski definition) is 2. The normalized spacial score (nSPS) is 23.3. The minimum absolute atomic E-state index is 0.134. The lowest BCUT2D eigenvalue weighted by Gasteiger charge is -2.27. The van der Waals surface area contributed by atoms with Crippen LogP contribution in [0.2, 0.25) is 0 Å². The van der Waals surface area contributed by atoms with Crippen LogP contribution < -0.4 is 5.32 Å². The van der Waals surface area contributed by atoms with Crippen molar-refractivity contribution in [2.24, 2.45) is 5.92 Å². The molecule has 2 unspecified atom stereocenters. The van der Waals surface area contributed by atoms with Crippen LogP contribution in [-0.2, 0) is 6.54 Å². The lowest BCUT2D eigenvalue weighted by molar-refractivity contribution is 0.0696. The van der Waals surface area contributed by atoms with E-state index in [0.717, 1.165) is 12.8 Å². The Morgan fingerprint density at radius 1 is 1.47 bits per heavy atom. The summed E-state index contributed by atoms with van der Waals surface area (Å²) in [5, 5.41) is 12.3. The van der Waals surface area contributed by atoms with Crippen molar-refractivity contribution < 1.29 is 14.3 Å². The first kappa shape index (κ1) is 14.0. The van der Waals surface area contributed by atoms with Gasteiger partial charge in [0.1, 0.15) is 5.82 Å². The molecule has 1 saturated carbocycles. The van der Waals surface area contributed by atoms with Crippen LogP contribution in [0.4, 0.5) is 4.39 Å². The molecule has 0 radical (unpaired) electrons. The number of aromatic carboxylic acids is 1. The summed E-state index contributed by atoms with van der Waals surface area (Å²) in [7, 11) is 0. The number of nitrogens with one attached hydrogen (secondary N) is 1. The Bertz CT molecular complexity index is 461. The van der Waals surface area contributed by atoms with Crippen molar-refractivity contribution in [2.75, 3.05) is 0 Å². The summed E-state index contributed by atoms with van der Waals surface area (Å²) >= 11 is 0. The number of carboxylic acids is 1. The molecule has 0 aliphatic heterocycles. The Morgan fingerprint density at radius 3 is 2.95 bits per heavy atom. The van der Waals surface area contributed by atoms with Gasteiger partial charge in [-0.05, 0) is 37.0 Å². The average molecular weight is 265 g/mol. The molecule has 0 heterocycles. The second-order valence-electron chi connectivity index (χ2n) is 5.46. The molecule has 0 saturated heterocycles. The smallest absolute Gasteiger partial charge is 0.335 e. The summed E-state index contributed by atoms with van der Waals surface area (Å²) in [6, 6.07) is 4.35. The van der Waals surface area contributed by atoms with Crippen molar-refractivity contribution in [2.45, 2.75) is 45.2 Å². The minimum Gasteiger partial charge on any atom is -0.478 e. The van der Waals surface area contributed by atoms with E-state index in [0.29, 0.717) is 24.1 Å². The highest BCUT2D eigenvalue weighted by Crippen LogP contribution is 2.24. The van der Waals surface area contributed by atoms with Gasteiger partial charge in [-0.15, -0.1) is 0 Å². The average Bonchev–Trinajstić information content (AvgIpc) is 2.37. The van der Waals surface area contributed by atoms with Crippen molar-refractivity contribution in [3.63, 3.8) is 0 Å². The van der Waals surface area contributed by atoms with Gasteiger partial charge in [0, 0.05) is 18.2 Å². The van der Waals surface area contributed by atoms with Gasteiger partial charge in [0.25, 0.3) is 0 Å². The molecule has 3 nitrogen and oxygen atoms in total. The maximum atomic E-state index is 13.6. The van der Waals surface area contributed by atoms with Gasteiger partial charge in [-0.3, -0.25) is 0 Å². The zero-order valence-corrected chi connectivity index (χ0v) is 11.2. The Labute approximate surface area is 112 Å². The maximum absolute atomic E-state index is 13.6. The molecule has 2 rings (SSSR count). The largest absolute Gasteiger partial charge is 0.478 e. The van der Waals surface area contributed by atoms with Gasteiger partial charge in [-0.25, -0.2) is 9.18 Å². The molecule has 0 amide bonds. The summed E-state index contributed by atoms with van der Waals surface area (Å²) < 4.78 is 13.6.